The van der Waals surface area contributed by atoms with Crippen LogP contribution in [-0.2, 0) is 4.79 Å². The van der Waals surface area contributed by atoms with Gasteiger partial charge >= 0.3 is 0 Å². The maximum Gasteiger partial charge on any atom is 0.234 e. The number of nitrogens with one attached hydrogen (secondary N) is 2. The van der Waals surface area contributed by atoms with Crippen LogP contribution in [0.5, 0.6) is 0 Å². The largest absolute Gasteiger partial charge is 0.324 e. The fraction of sp³-hybridized carbons (Fsp3) is 0.111. The van der Waals surface area contributed by atoms with Crippen molar-refractivity contribution < 1.29 is 4.79 Å². The van der Waals surface area contributed by atoms with Gasteiger partial charge < -0.3 is 5.32 Å². The number of carbonyl (C=O) groups is 1. The number of H-pyrrole nitrogens is 1. The highest BCUT2D eigenvalue weighted by atomic mass is 35.5. The third-order valence-corrected chi connectivity index (χ3v) is 4.58. The molecule has 3 aromatic rings. The minimum Gasteiger partial charge on any atom is -0.324 e. The summed E-state index contributed by atoms with van der Waals surface area (Å²) in [4.78, 5) is 16.5. The Morgan fingerprint density at radius 1 is 1.31 bits per heavy atom. The van der Waals surface area contributed by atoms with Gasteiger partial charge in [0.1, 0.15) is 6.07 Å². The van der Waals surface area contributed by atoms with E-state index in [4.69, 9.17) is 16.9 Å². The number of benzene rings is 2. The third kappa shape index (κ3) is 4.42. The van der Waals surface area contributed by atoms with Crippen LogP contribution in [0.15, 0.2) is 47.6 Å². The van der Waals surface area contributed by atoms with Gasteiger partial charge in [0.15, 0.2) is 5.82 Å². The first-order chi connectivity index (χ1) is 12.5. The molecule has 0 spiro atoms. The number of halogens is 1. The number of rotatable bonds is 5. The number of amides is 1. The highest BCUT2D eigenvalue weighted by Crippen LogP contribution is 2.22. The number of hydrogen-bond acceptors (Lipinski definition) is 5. The molecule has 6 nitrogen and oxygen atoms in total. The summed E-state index contributed by atoms with van der Waals surface area (Å²) in [6.07, 6.45) is 0. The van der Waals surface area contributed by atoms with E-state index in [0.717, 1.165) is 11.1 Å². The molecule has 0 atom stereocenters. The summed E-state index contributed by atoms with van der Waals surface area (Å²) in [5.41, 5.74) is 2.84. The van der Waals surface area contributed by atoms with Gasteiger partial charge in [-0.15, -0.1) is 5.10 Å². The second-order valence-electron chi connectivity index (χ2n) is 5.47. The second-order valence-corrected chi connectivity index (χ2v) is 6.85. The molecule has 0 aliphatic rings. The predicted molar refractivity (Wildman–Crippen MR) is 102 cm³/mol. The molecule has 1 amide bonds. The molecule has 2 N–H and O–H groups in total. The Morgan fingerprint density at radius 2 is 2.08 bits per heavy atom. The molecule has 0 bridgehead atoms. The normalized spacial score (nSPS) is 10.3. The summed E-state index contributed by atoms with van der Waals surface area (Å²) in [6.45, 7) is 2.02. The average Bonchev–Trinajstić information content (AvgIpc) is 3.10. The molecular weight excluding hydrogens is 370 g/mol. The van der Waals surface area contributed by atoms with Gasteiger partial charge in [0.2, 0.25) is 11.1 Å². The lowest BCUT2D eigenvalue weighted by molar-refractivity contribution is -0.113. The van der Waals surface area contributed by atoms with Gasteiger partial charge in [-0.1, -0.05) is 53.2 Å². The summed E-state index contributed by atoms with van der Waals surface area (Å²) in [6, 6.07) is 14.6. The summed E-state index contributed by atoms with van der Waals surface area (Å²) < 4.78 is 0. The zero-order chi connectivity index (χ0) is 18.5. The summed E-state index contributed by atoms with van der Waals surface area (Å²) in [7, 11) is 0. The van der Waals surface area contributed by atoms with Crippen molar-refractivity contribution >= 4 is 35.0 Å². The van der Waals surface area contributed by atoms with Crippen LogP contribution in [0.4, 0.5) is 5.69 Å². The van der Waals surface area contributed by atoms with Gasteiger partial charge in [-0.3, -0.25) is 9.89 Å². The van der Waals surface area contributed by atoms with Crippen molar-refractivity contribution in [2.24, 2.45) is 0 Å². The number of carbonyl (C=O) groups excluding carboxylic acids is 1. The van der Waals surface area contributed by atoms with Crippen molar-refractivity contribution in [3.8, 4) is 17.5 Å². The van der Waals surface area contributed by atoms with E-state index in [9.17, 15) is 4.79 Å². The molecule has 0 aliphatic carbocycles. The van der Waals surface area contributed by atoms with Crippen LogP contribution in [0.2, 0.25) is 5.02 Å². The average molecular weight is 384 g/mol. The second kappa shape index (κ2) is 8.04. The topological polar surface area (TPSA) is 94.5 Å². The minimum absolute atomic E-state index is 0.114. The number of aromatic nitrogens is 3. The summed E-state index contributed by atoms with van der Waals surface area (Å²) in [5, 5.41) is 19.7. The van der Waals surface area contributed by atoms with E-state index in [1.54, 1.807) is 18.2 Å². The highest BCUT2D eigenvalue weighted by molar-refractivity contribution is 7.99. The molecule has 0 aliphatic heterocycles. The van der Waals surface area contributed by atoms with Crippen molar-refractivity contribution in [2.45, 2.75) is 12.1 Å². The monoisotopic (exact) mass is 383 g/mol. The number of nitriles is 1. The predicted octanol–water partition coefficient (Wildman–Crippen LogP) is 4.04. The van der Waals surface area contributed by atoms with Crippen LogP contribution in [0.1, 0.15) is 11.1 Å². The van der Waals surface area contributed by atoms with E-state index in [2.05, 4.69) is 20.5 Å². The SMILES string of the molecule is Cc1ccc(-c2nc(SCC(=O)Nc3cc(Cl)ccc3C#N)n[nH]2)cc1. The van der Waals surface area contributed by atoms with Gasteiger partial charge in [-0.2, -0.15) is 5.26 Å². The summed E-state index contributed by atoms with van der Waals surface area (Å²) in [5.74, 6) is 0.493. The molecule has 8 heteroatoms. The van der Waals surface area contributed by atoms with Crippen molar-refractivity contribution in [3.05, 3.63) is 58.6 Å². The fourth-order valence-corrected chi connectivity index (χ4v) is 2.96. The Morgan fingerprint density at radius 3 is 2.81 bits per heavy atom. The van der Waals surface area contributed by atoms with E-state index in [0.29, 0.717) is 27.3 Å². The first kappa shape index (κ1) is 18.0. The van der Waals surface area contributed by atoms with Crippen LogP contribution in [0.3, 0.4) is 0 Å². The maximum absolute atomic E-state index is 12.1. The molecule has 0 fully saturated rings. The number of nitrogens with zero attached hydrogens (tertiary/aromatic N) is 3. The Balaban J connectivity index is 1.61. The van der Waals surface area contributed by atoms with E-state index in [1.807, 2.05) is 37.3 Å². The lowest BCUT2D eigenvalue weighted by Crippen LogP contribution is -2.15. The van der Waals surface area contributed by atoms with Gasteiger partial charge in [0.25, 0.3) is 0 Å². The van der Waals surface area contributed by atoms with Crippen LogP contribution in [-0.4, -0.2) is 26.8 Å². The molecule has 3 rings (SSSR count). The zero-order valence-corrected chi connectivity index (χ0v) is 15.4. The molecule has 1 heterocycles. The van der Waals surface area contributed by atoms with E-state index >= 15 is 0 Å². The van der Waals surface area contributed by atoms with E-state index < -0.39 is 0 Å². The van der Waals surface area contributed by atoms with Crippen molar-refractivity contribution in [2.75, 3.05) is 11.1 Å². The molecule has 1 aromatic heterocycles. The number of thioether (sulfide) groups is 1. The lowest BCUT2D eigenvalue weighted by Gasteiger charge is -2.06. The number of hydrogen-bond donors (Lipinski definition) is 2. The van der Waals surface area contributed by atoms with Crippen LogP contribution in [0.25, 0.3) is 11.4 Å². The van der Waals surface area contributed by atoms with Gasteiger partial charge in [0, 0.05) is 10.6 Å². The first-order valence-corrected chi connectivity index (χ1v) is 9.03. The highest BCUT2D eigenvalue weighted by Gasteiger charge is 2.11. The molecule has 0 unspecified atom stereocenters. The Hall–Kier alpha value is -2.82. The third-order valence-electron chi connectivity index (χ3n) is 3.50. The molecular formula is C18H14ClN5OS. The van der Waals surface area contributed by atoms with Gasteiger partial charge in [0.05, 0.1) is 17.0 Å². The number of anilines is 1. The number of aromatic amines is 1. The van der Waals surface area contributed by atoms with Crippen LogP contribution in [0, 0.1) is 18.3 Å². The minimum atomic E-state index is -0.268. The molecule has 130 valence electrons. The van der Waals surface area contributed by atoms with Crippen LogP contribution < -0.4 is 5.32 Å². The Labute approximate surface area is 159 Å². The molecule has 0 saturated heterocycles. The van der Waals surface area contributed by atoms with Crippen molar-refractivity contribution in [1.29, 1.82) is 5.26 Å². The molecule has 2 aromatic carbocycles. The molecule has 26 heavy (non-hydrogen) atoms. The van der Waals surface area contributed by atoms with Crippen molar-refractivity contribution in [1.82, 2.24) is 15.2 Å². The molecule has 0 radical (unpaired) electrons. The quantitative estimate of drug-likeness (QED) is 0.648. The van der Waals surface area contributed by atoms with Gasteiger partial charge in [-0.05, 0) is 25.1 Å². The Bertz CT molecular complexity index is 978. The number of aryl methyl sites for hydroxylation is 1. The molecule has 0 saturated carbocycles. The smallest absolute Gasteiger partial charge is 0.234 e. The van der Waals surface area contributed by atoms with Gasteiger partial charge in [-0.25, -0.2) is 4.98 Å². The maximum atomic E-state index is 12.1. The zero-order valence-electron chi connectivity index (χ0n) is 13.8. The van der Waals surface area contributed by atoms with Crippen LogP contribution >= 0.6 is 23.4 Å². The van der Waals surface area contributed by atoms with E-state index in [1.165, 1.54) is 11.8 Å². The first-order valence-electron chi connectivity index (χ1n) is 7.67. The Kier molecular flexibility index (Phi) is 5.56. The standard InChI is InChI=1S/C18H14ClN5OS/c1-11-2-4-12(5-3-11)17-22-18(24-23-17)26-10-16(25)21-15-8-14(19)7-6-13(15)9-20/h2-8H,10H2,1H3,(H,21,25)(H,22,23,24). The summed E-state index contributed by atoms with van der Waals surface area (Å²) >= 11 is 7.11. The fourth-order valence-electron chi connectivity index (χ4n) is 2.19. The lowest BCUT2D eigenvalue weighted by atomic mass is 10.1. The van der Waals surface area contributed by atoms with Crippen molar-refractivity contribution in [3.63, 3.8) is 0 Å². The van der Waals surface area contributed by atoms with E-state index in [-0.39, 0.29) is 11.7 Å².